The molecule has 4 rings (SSSR count). The van der Waals surface area contributed by atoms with E-state index in [0.29, 0.717) is 52.4 Å². The Morgan fingerprint density at radius 3 is 2.58 bits per heavy atom. The van der Waals surface area contributed by atoms with Gasteiger partial charge in [0.1, 0.15) is 29.1 Å². The third-order valence-corrected chi connectivity index (χ3v) is 5.77. The van der Waals surface area contributed by atoms with Crippen molar-refractivity contribution in [3.63, 3.8) is 0 Å². The molecule has 0 spiro atoms. The third kappa shape index (κ3) is 4.24. The van der Waals surface area contributed by atoms with Crippen molar-refractivity contribution in [2.75, 3.05) is 34.4 Å². The summed E-state index contributed by atoms with van der Waals surface area (Å²) in [7, 11) is 4.75. The Kier molecular flexibility index (Phi) is 6.15. The highest BCUT2D eigenvalue weighted by molar-refractivity contribution is 5.84. The molecular formula is C24H27NO6. The lowest BCUT2D eigenvalue weighted by atomic mass is 9.97. The zero-order valence-corrected chi connectivity index (χ0v) is 18.0. The Morgan fingerprint density at radius 1 is 1.06 bits per heavy atom. The molecule has 0 bridgehead atoms. The van der Waals surface area contributed by atoms with Gasteiger partial charge in [-0.1, -0.05) is 0 Å². The van der Waals surface area contributed by atoms with Crippen LogP contribution in [-0.2, 0) is 6.54 Å². The number of fused-ring (bicyclic) bond motifs is 1. The molecule has 1 saturated heterocycles. The van der Waals surface area contributed by atoms with Crippen LogP contribution in [0.3, 0.4) is 0 Å². The normalized spacial score (nSPS) is 17.0. The molecule has 2 heterocycles. The summed E-state index contributed by atoms with van der Waals surface area (Å²) in [4.78, 5) is 15.6. The van der Waals surface area contributed by atoms with Crippen molar-refractivity contribution < 1.29 is 23.7 Å². The van der Waals surface area contributed by atoms with Crippen molar-refractivity contribution in [2.24, 2.45) is 0 Å². The molecule has 3 aromatic rings. The first-order valence-corrected chi connectivity index (χ1v) is 10.3. The number of rotatable bonds is 6. The van der Waals surface area contributed by atoms with Crippen LogP contribution in [0.2, 0.25) is 0 Å². The predicted molar refractivity (Wildman–Crippen MR) is 118 cm³/mol. The number of benzene rings is 2. The molecule has 0 aliphatic carbocycles. The SMILES string of the molecule is COc1cc(OC)c(CN2CCCC(O)C2)c(-c2coc3cc(OC)ccc3c2=O)c1. The van der Waals surface area contributed by atoms with Crippen molar-refractivity contribution in [3.8, 4) is 28.4 Å². The highest BCUT2D eigenvalue weighted by Crippen LogP contribution is 2.36. The van der Waals surface area contributed by atoms with Crippen LogP contribution in [0.25, 0.3) is 22.1 Å². The van der Waals surface area contributed by atoms with E-state index in [1.807, 2.05) is 12.1 Å². The molecule has 7 heteroatoms. The number of aliphatic hydroxyl groups is 1. The molecule has 1 N–H and O–H groups in total. The van der Waals surface area contributed by atoms with Gasteiger partial charge < -0.3 is 23.7 Å². The van der Waals surface area contributed by atoms with Crippen LogP contribution in [0.15, 0.2) is 45.8 Å². The summed E-state index contributed by atoms with van der Waals surface area (Å²) in [6, 6.07) is 8.79. The van der Waals surface area contributed by atoms with Crippen molar-refractivity contribution in [1.82, 2.24) is 4.90 Å². The number of nitrogens with zero attached hydrogens (tertiary/aromatic N) is 1. The maximum Gasteiger partial charge on any atom is 0.200 e. The number of β-amino-alcohol motifs (C(OH)–C–C–N with tert-alkyl or cyclic N) is 1. The smallest absolute Gasteiger partial charge is 0.200 e. The van der Waals surface area contributed by atoms with Gasteiger partial charge >= 0.3 is 0 Å². The Labute approximate surface area is 180 Å². The van der Waals surface area contributed by atoms with E-state index in [-0.39, 0.29) is 11.5 Å². The molecule has 0 saturated carbocycles. The van der Waals surface area contributed by atoms with Gasteiger partial charge in [0.25, 0.3) is 0 Å². The largest absolute Gasteiger partial charge is 0.497 e. The molecule has 164 valence electrons. The van der Waals surface area contributed by atoms with Gasteiger partial charge in [-0.05, 0) is 37.6 Å². The molecule has 1 atom stereocenters. The summed E-state index contributed by atoms with van der Waals surface area (Å²) in [5, 5.41) is 10.6. The number of hydrogen-bond donors (Lipinski definition) is 1. The average Bonchev–Trinajstić information content (AvgIpc) is 2.79. The van der Waals surface area contributed by atoms with E-state index >= 15 is 0 Å². The number of aliphatic hydroxyl groups excluding tert-OH is 1. The second-order valence-electron chi connectivity index (χ2n) is 7.73. The number of likely N-dealkylation sites (tertiary alicyclic amines) is 1. The van der Waals surface area contributed by atoms with Gasteiger partial charge in [-0.3, -0.25) is 9.69 Å². The molecule has 0 radical (unpaired) electrons. The standard InChI is InChI=1S/C24H27NO6/c1-28-16-6-7-18-23(10-16)31-14-21(24(18)27)19-9-17(29-2)11-22(30-3)20(19)13-25-8-4-5-15(26)12-25/h6-7,9-11,14-15,26H,4-5,8,12-13H2,1-3H3. The molecule has 1 aliphatic rings. The van der Waals surface area contributed by atoms with Gasteiger partial charge in [0, 0.05) is 36.3 Å². The molecule has 1 aromatic heterocycles. The minimum Gasteiger partial charge on any atom is -0.497 e. The van der Waals surface area contributed by atoms with E-state index in [0.717, 1.165) is 24.9 Å². The van der Waals surface area contributed by atoms with Crippen molar-refractivity contribution in [1.29, 1.82) is 0 Å². The van der Waals surface area contributed by atoms with Crippen LogP contribution in [0, 0.1) is 0 Å². The van der Waals surface area contributed by atoms with Crippen LogP contribution in [-0.4, -0.2) is 50.5 Å². The Bertz CT molecular complexity index is 1140. The average molecular weight is 425 g/mol. The second-order valence-corrected chi connectivity index (χ2v) is 7.73. The maximum atomic E-state index is 13.4. The fourth-order valence-corrected chi connectivity index (χ4v) is 4.14. The molecule has 1 aliphatic heterocycles. The fourth-order valence-electron chi connectivity index (χ4n) is 4.14. The molecular weight excluding hydrogens is 398 g/mol. The zero-order valence-electron chi connectivity index (χ0n) is 18.0. The number of ether oxygens (including phenoxy) is 3. The summed E-state index contributed by atoms with van der Waals surface area (Å²) < 4.78 is 22.2. The van der Waals surface area contributed by atoms with Crippen molar-refractivity contribution in [3.05, 3.63) is 52.4 Å². The van der Waals surface area contributed by atoms with Crippen LogP contribution in [0.1, 0.15) is 18.4 Å². The molecule has 1 unspecified atom stereocenters. The Balaban J connectivity index is 1.86. The summed E-state index contributed by atoms with van der Waals surface area (Å²) >= 11 is 0. The summed E-state index contributed by atoms with van der Waals surface area (Å²) in [6.45, 7) is 2.00. The van der Waals surface area contributed by atoms with Gasteiger partial charge in [0.15, 0.2) is 0 Å². The Morgan fingerprint density at radius 2 is 1.87 bits per heavy atom. The molecule has 1 fully saturated rings. The summed E-state index contributed by atoms with van der Waals surface area (Å²) in [5.74, 6) is 1.84. The van der Waals surface area contributed by atoms with Crippen molar-refractivity contribution in [2.45, 2.75) is 25.5 Å². The van der Waals surface area contributed by atoms with Crippen molar-refractivity contribution >= 4 is 11.0 Å². The molecule has 0 amide bonds. The highest BCUT2D eigenvalue weighted by atomic mass is 16.5. The van der Waals surface area contributed by atoms with Gasteiger partial charge in [-0.25, -0.2) is 0 Å². The van der Waals surface area contributed by atoms with Crippen LogP contribution >= 0.6 is 0 Å². The lowest BCUT2D eigenvalue weighted by molar-refractivity contribution is 0.0665. The van der Waals surface area contributed by atoms with E-state index in [4.69, 9.17) is 18.6 Å². The quantitative estimate of drug-likeness (QED) is 0.648. The number of hydrogen-bond acceptors (Lipinski definition) is 7. The minimum absolute atomic E-state index is 0.140. The van der Waals surface area contributed by atoms with Crippen LogP contribution in [0.5, 0.6) is 17.2 Å². The lowest BCUT2D eigenvalue weighted by Crippen LogP contribution is -2.37. The second kappa shape index (κ2) is 8.99. The van der Waals surface area contributed by atoms with E-state index < -0.39 is 0 Å². The minimum atomic E-state index is -0.345. The van der Waals surface area contributed by atoms with Crippen LogP contribution in [0.4, 0.5) is 0 Å². The highest BCUT2D eigenvalue weighted by Gasteiger charge is 2.23. The Hall–Kier alpha value is -3.03. The lowest BCUT2D eigenvalue weighted by Gasteiger charge is -2.31. The first kappa shape index (κ1) is 21.2. The number of piperidine rings is 1. The van der Waals surface area contributed by atoms with Gasteiger partial charge in [-0.2, -0.15) is 0 Å². The molecule has 7 nitrogen and oxygen atoms in total. The summed E-state index contributed by atoms with van der Waals surface area (Å²) in [5.41, 5.74) is 2.31. The predicted octanol–water partition coefficient (Wildman–Crippen LogP) is 3.44. The van der Waals surface area contributed by atoms with Crippen LogP contribution < -0.4 is 19.6 Å². The van der Waals surface area contributed by atoms with Gasteiger partial charge in [0.2, 0.25) is 5.43 Å². The summed E-state index contributed by atoms with van der Waals surface area (Å²) in [6.07, 6.45) is 2.87. The zero-order chi connectivity index (χ0) is 22.0. The topological polar surface area (TPSA) is 81.4 Å². The van der Waals surface area contributed by atoms with E-state index in [2.05, 4.69) is 4.90 Å². The first-order chi connectivity index (χ1) is 15.0. The number of methoxy groups -OCH3 is 3. The van der Waals surface area contributed by atoms with E-state index in [1.54, 1.807) is 39.5 Å². The molecule has 31 heavy (non-hydrogen) atoms. The monoisotopic (exact) mass is 425 g/mol. The van der Waals surface area contributed by atoms with Gasteiger partial charge in [-0.15, -0.1) is 0 Å². The molecule has 2 aromatic carbocycles. The van der Waals surface area contributed by atoms with Gasteiger partial charge in [0.05, 0.1) is 38.4 Å². The van der Waals surface area contributed by atoms with E-state index in [1.165, 1.54) is 6.26 Å². The van der Waals surface area contributed by atoms with E-state index in [9.17, 15) is 9.90 Å². The third-order valence-electron chi connectivity index (χ3n) is 5.77. The fraction of sp³-hybridized carbons (Fsp3) is 0.375. The first-order valence-electron chi connectivity index (χ1n) is 10.3. The maximum absolute atomic E-state index is 13.4.